The molecule has 3 N–H and O–H groups in total. The topological polar surface area (TPSA) is 104 Å². The summed E-state index contributed by atoms with van der Waals surface area (Å²) in [6.45, 7) is 3.76. The Morgan fingerprint density at radius 2 is 1.74 bits per heavy atom. The molecule has 3 aromatic rings. The van der Waals surface area contributed by atoms with Crippen molar-refractivity contribution in [2.75, 3.05) is 0 Å². The quantitative estimate of drug-likeness (QED) is 0.139. The van der Waals surface area contributed by atoms with Crippen molar-refractivity contribution >= 4 is 28.9 Å². The zero-order chi connectivity index (χ0) is 24.7. The Bertz CT molecular complexity index is 1160. The third-order valence-electron chi connectivity index (χ3n) is 5.69. The van der Waals surface area contributed by atoms with Crippen LogP contribution in [0.25, 0.3) is 11.6 Å². The molecule has 0 bridgehead atoms. The van der Waals surface area contributed by atoms with Crippen molar-refractivity contribution in [2.24, 2.45) is 5.92 Å². The minimum Gasteiger partial charge on any atom is -0.508 e. The van der Waals surface area contributed by atoms with E-state index in [1.807, 2.05) is 36.4 Å². The second-order valence-corrected chi connectivity index (χ2v) is 8.36. The van der Waals surface area contributed by atoms with E-state index in [-0.39, 0.29) is 11.4 Å². The SMILES string of the molecule is C=C[C@H]([C@H](O)CC/C(=C/c1ccc(O)cc1Cl)c1ccccc1)[C@H](O)c1ccc([N+](=O)[O-])cc1. The first-order chi connectivity index (χ1) is 16.3. The van der Waals surface area contributed by atoms with Gasteiger partial charge in [0.05, 0.1) is 22.2 Å². The summed E-state index contributed by atoms with van der Waals surface area (Å²) in [5.41, 5.74) is 3.02. The Kier molecular flexibility index (Phi) is 8.60. The lowest BCUT2D eigenvalue weighted by Crippen LogP contribution is -2.25. The molecule has 0 aliphatic heterocycles. The maximum atomic E-state index is 10.9. The van der Waals surface area contributed by atoms with E-state index in [2.05, 4.69) is 6.58 Å². The summed E-state index contributed by atoms with van der Waals surface area (Å²) in [7, 11) is 0. The molecule has 0 saturated heterocycles. The molecule has 0 aliphatic carbocycles. The molecule has 176 valence electrons. The number of aliphatic hydroxyl groups excluding tert-OH is 2. The summed E-state index contributed by atoms with van der Waals surface area (Å²) in [6.07, 6.45) is 2.25. The van der Waals surface area contributed by atoms with Crippen molar-refractivity contribution in [3.8, 4) is 5.75 Å². The molecule has 0 saturated carbocycles. The molecule has 0 heterocycles. The number of phenols is 1. The van der Waals surface area contributed by atoms with Crippen LogP contribution in [0.5, 0.6) is 5.75 Å². The van der Waals surface area contributed by atoms with Gasteiger partial charge in [-0.05, 0) is 71.5 Å². The normalized spacial score (nSPS) is 14.3. The van der Waals surface area contributed by atoms with Crippen LogP contribution >= 0.6 is 11.6 Å². The van der Waals surface area contributed by atoms with Crippen molar-refractivity contribution in [2.45, 2.75) is 25.0 Å². The molecule has 7 heteroatoms. The van der Waals surface area contributed by atoms with E-state index < -0.39 is 23.0 Å². The Morgan fingerprint density at radius 3 is 2.32 bits per heavy atom. The van der Waals surface area contributed by atoms with Crippen molar-refractivity contribution < 1.29 is 20.2 Å². The highest BCUT2D eigenvalue weighted by Gasteiger charge is 2.26. The smallest absolute Gasteiger partial charge is 0.269 e. The third kappa shape index (κ3) is 6.32. The number of phenolic OH excluding ortho intramolecular Hbond substituents is 1. The molecule has 0 unspecified atom stereocenters. The van der Waals surface area contributed by atoms with Crippen LogP contribution in [0.2, 0.25) is 5.02 Å². The second-order valence-electron chi connectivity index (χ2n) is 7.95. The molecular weight excluding hydrogens is 454 g/mol. The van der Waals surface area contributed by atoms with Gasteiger partial charge in [0.2, 0.25) is 0 Å². The van der Waals surface area contributed by atoms with Crippen LogP contribution in [0.15, 0.2) is 85.5 Å². The van der Waals surface area contributed by atoms with Crippen molar-refractivity contribution in [1.29, 1.82) is 0 Å². The molecule has 6 nitrogen and oxygen atoms in total. The van der Waals surface area contributed by atoms with Gasteiger partial charge < -0.3 is 15.3 Å². The molecule has 3 aromatic carbocycles. The fourth-order valence-corrected chi connectivity index (χ4v) is 4.01. The van der Waals surface area contributed by atoms with E-state index in [4.69, 9.17) is 11.6 Å². The van der Waals surface area contributed by atoms with E-state index >= 15 is 0 Å². The average molecular weight is 480 g/mol. The number of rotatable bonds is 10. The number of nitrogens with zero attached hydrogens (tertiary/aromatic N) is 1. The number of aliphatic hydroxyl groups is 2. The van der Waals surface area contributed by atoms with Crippen LogP contribution in [-0.4, -0.2) is 26.3 Å². The number of benzene rings is 3. The highest BCUT2D eigenvalue weighted by molar-refractivity contribution is 6.32. The number of allylic oxidation sites excluding steroid dienone is 1. The number of nitro groups is 1. The van der Waals surface area contributed by atoms with Crippen molar-refractivity contribution in [3.05, 3.63) is 117 Å². The van der Waals surface area contributed by atoms with Crippen molar-refractivity contribution in [3.63, 3.8) is 0 Å². The van der Waals surface area contributed by atoms with Gasteiger partial charge in [-0.3, -0.25) is 10.1 Å². The maximum absolute atomic E-state index is 10.9. The molecule has 3 atom stereocenters. The fourth-order valence-electron chi connectivity index (χ4n) is 3.78. The first kappa shape index (κ1) is 25.2. The summed E-state index contributed by atoms with van der Waals surface area (Å²) in [5.74, 6) is -0.594. The van der Waals surface area contributed by atoms with E-state index in [9.17, 15) is 25.4 Å². The minimum absolute atomic E-state index is 0.0721. The van der Waals surface area contributed by atoms with Crippen molar-refractivity contribution in [1.82, 2.24) is 0 Å². The molecule has 34 heavy (non-hydrogen) atoms. The highest BCUT2D eigenvalue weighted by atomic mass is 35.5. The van der Waals surface area contributed by atoms with Crippen LogP contribution in [0.1, 0.15) is 35.6 Å². The van der Waals surface area contributed by atoms with Gasteiger partial charge in [-0.25, -0.2) is 0 Å². The summed E-state index contributed by atoms with van der Waals surface area (Å²) in [4.78, 5) is 10.4. The van der Waals surface area contributed by atoms with E-state index in [0.29, 0.717) is 23.4 Å². The molecule has 0 fully saturated rings. The van der Waals surface area contributed by atoms with Gasteiger partial charge in [0, 0.05) is 18.1 Å². The Labute approximate surface area is 203 Å². The lowest BCUT2D eigenvalue weighted by molar-refractivity contribution is -0.384. The Hall–Kier alpha value is -3.45. The fraction of sp³-hybridized carbons (Fsp3) is 0.185. The first-order valence-corrected chi connectivity index (χ1v) is 11.2. The molecule has 0 amide bonds. The summed E-state index contributed by atoms with van der Waals surface area (Å²) < 4.78 is 0. The standard InChI is InChI=1S/C27H26ClNO5/c1-2-24(27(32)19-8-12-22(13-9-19)29(33)34)26(31)15-11-20(18-6-4-3-5-7-18)16-21-10-14-23(30)17-25(21)28/h2-10,12-14,16-17,24,26-27,30-32H,1,11,15H2/b20-16-/t24-,26-,27-/m1/s1. The average Bonchev–Trinajstić information content (AvgIpc) is 2.84. The largest absolute Gasteiger partial charge is 0.508 e. The molecule has 0 aromatic heterocycles. The van der Waals surface area contributed by atoms with Crippen LogP contribution in [-0.2, 0) is 0 Å². The predicted molar refractivity (Wildman–Crippen MR) is 134 cm³/mol. The second kappa shape index (κ2) is 11.6. The van der Waals surface area contributed by atoms with Gasteiger partial charge in [-0.2, -0.15) is 0 Å². The van der Waals surface area contributed by atoms with Crippen LogP contribution in [0.4, 0.5) is 5.69 Å². The number of hydrogen-bond donors (Lipinski definition) is 3. The lowest BCUT2D eigenvalue weighted by atomic mass is 9.87. The Morgan fingerprint density at radius 1 is 1.06 bits per heavy atom. The van der Waals surface area contributed by atoms with Gasteiger partial charge >= 0.3 is 0 Å². The van der Waals surface area contributed by atoms with Gasteiger partial charge in [0.25, 0.3) is 5.69 Å². The Balaban J connectivity index is 1.79. The van der Waals surface area contributed by atoms with Crippen LogP contribution < -0.4 is 0 Å². The van der Waals surface area contributed by atoms with E-state index in [1.54, 1.807) is 12.1 Å². The van der Waals surface area contributed by atoms with E-state index in [0.717, 1.165) is 16.7 Å². The third-order valence-corrected chi connectivity index (χ3v) is 6.02. The number of aromatic hydroxyl groups is 1. The van der Waals surface area contributed by atoms with Gasteiger partial charge in [-0.1, -0.05) is 48.0 Å². The van der Waals surface area contributed by atoms with Gasteiger partial charge in [0.1, 0.15) is 5.75 Å². The number of halogens is 1. The zero-order valence-electron chi connectivity index (χ0n) is 18.4. The highest BCUT2D eigenvalue weighted by Crippen LogP contribution is 2.32. The first-order valence-electron chi connectivity index (χ1n) is 10.8. The van der Waals surface area contributed by atoms with Gasteiger partial charge in [-0.15, -0.1) is 6.58 Å². The maximum Gasteiger partial charge on any atom is 0.269 e. The summed E-state index contributed by atoms with van der Waals surface area (Å²) >= 11 is 6.29. The summed E-state index contributed by atoms with van der Waals surface area (Å²) in [6, 6.07) is 20.0. The number of non-ortho nitro benzene ring substituents is 1. The van der Waals surface area contributed by atoms with Crippen LogP contribution in [0.3, 0.4) is 0 Å². The van der Waals surface area contributed by atoms with E-state index in [1.165, 1.54) is 36.4 Å². The predicted octanol–water partition coefficient (Wildman–Crippen LogP) is 6.17. The van der Waals surface area contributed by atoms with Gasteiger partial charge in [0.15, 0.2) is 0 Å². The molecule has 0 spiro atoms. The lowest BCUT2D eigenvalue weighted by Gasteiger charge is -2.25. The number of nitro benzene ring substituents is 1. The van der Waals surface area contributed by atoms with Crippen LogP contribution in [0, 0.1) is 16.0 Å². The zero-order valence-corrected chi connectivity index (χ0v) is 19.2. The summed E-state index contributed by atoms with van der Waals surface area (Å²) in [5, 5.41) is 42.6. The molecule has 3 rings (SSSR count). The number of hydrogen-bond acceptors (Lipinski definition) is 5. The molecular formula is C27H26ClNO5. The molecule has 0 aliphatic rings. The molecule has 0 radical (unpaired) electrons. The monoisotopic (exact) mass is 479 g/mol. The minimum atomic E-state index is -1.07.